The number of phenolic OH excluding ortho intramolecular Hbond substituents is 1. The normalized spacial score (nSPS) is 32.1. The fraction of sp³-hybridized carbons (Fsp3) is 0.400. The molecule has 1 aliphatic rings. The van der Waals surface area contributed by atoms with E-state index in [4.69, 9.17) is 14.6 Å². The molecule has 0 radical (unpaired) electrons. The lowest BCUT2D eigenvalue weighted by molar-refractivity contribution is -0.283. The van der Waals surface area contributed by atoms with Crippen LogP contribution in [-0.2, 0) is 14.3 Å². The van der Waals surface area contributed by atoms with Gasteiger partial charge in [0.1, 0.15) is 24.1 Å². The monoisotopic (exact) mass is 310 g/mol. The molecule has 7 nitrogen and oxygen atoms in total. The zero-order valence-electron chi connectivity index (χ0n) is 11.9. The maximum atomic E-state index is 11.7. The maximum absolute atomic E-state index is 11.7. The van der Waals surface area contributed by atoms with Gasteiger partial charge in [-0.2, -0.15) is 0 Å². The van der Waals surface area contributed by atoms with E-state index in [9.17, 15) is 20.1 Å². The Balaban J connectivity index is 1.95. The van der Waals surface area contributed by atoms with Crippen LogP contribution in [0.2, 0.25) is 0 Å². The molecule has 1 aromatic rings. The van der Waals surface area contributed by atoms with Crippen molar-refractivity contribution in [1.29, 1.82) is 0 Å². The molecule has 120 valence electrons. The van der Waals surface area contributed by atoms with Gasteiger partial charge in [-0.15, -0.1) is 0 Å². The topological polar surface area (TPSA) is 116 Å². The first-order valence-electron chi connectivity index (χ1n) is 6.76. The molecule has 0 bridgehead atoms. The molecule has 0 saturated carbocycles. The molecule has 1 aliphatic heterocycles. The van der Waals surface area contributed by atoms with Crippen LogP contribution in [0.3, 0.4) is 0 Å². The van der Waals surface area contributed by atoms with Crippen molar-refractivity contribution in [3.8, 4) is 5.75 Å². The Bertz CT molecular complexity index is 539. The van der Waals surface area contributed by atoms with Crippen molar-refractivity contribution in [1.82, 2.24) is 0 Å². The quantitative estimate of drug-likeness (QED) is 0.450. The SMILES string of the molecule is CC1OC(OC(=O)C=Cc2ccc(O)cc2)C(O)C(O)C1O. The van der Waals surface area contributed by atoms with Gasteiger partial charge in [0, 0.05) is 6.08 Å². The van der Waals surface area contributed by atoms with Crippen LogP contribution in [0.15, 0.2) is 30.3 Å². The minimum Gasteiger partial charge on any atom is -0.508 e. The van der Waals surface area contributed by atoms with E-state index in [1.165, 1.54) is 25.1 Å². The molecule has 0 spiro atoms. The van der Waals surface area contributed by atoms with Crippen LogP contribution in [0.25, 0.3) is 6.08 Å². The van der Waals surface area contributed by atoms with Crippen LogP contribution in [0.1, 0.15) is 12.5 Å². The second-order valence-electron chi connectivity index (χ2n) is 5.04. The van der Waals surface area contributed by atoms with Crippen molar-refractivity contribution in [3.63, 3.8) is 0 Å². The van der Waals surface area contributed by atoms with Crippen molar-refractivity contribution in [2.45, 2.75) is 37.6 Å². The van der Waals surface area contributed by atoms with Gasteiger partial charge in [-0.05, 0) is 30.7 Å². The second kappa shape index (κ2) is 6.89. The van der Waals surface area contributed by atoms with Gasteiger partial charge in [-0.1, -0.05) is 12.1 Å². The van der Waals surface area contributed by atoms with E-state index in [1.54, 1.807) is 12.1 Å². The second-order valence-corrected chi connectivity index (χ2v) is 5.04. The standard InChI is InChI=1S/C15H18O7/c1-8-12(18)13(19)14(20)15(21-8)22-11(17)7-4-9-2-5-10(16)6-3-9/h2-8,12-16,18-20H,1H3. The molecular weight excluding hydrogens is 292 g/mol. The molecule has 7 heteroatoms. The maximum Gasteiger partial charge on any atom is 0.333 e. The molecule has 0 aliphatic carbocycles. The zero-order chi connectivity index (χ0) is 16.3. The lowest BCUT2D eigenvalue weighted by atomic mass is 10.0. The summed E-state index contributed by atoms with van der Waals surface area (Å²) in [5.74, 6) is -0.659. The number of ether oxygens (including phenoxy) is 2. The largest absolute Gasteiger partial charge is 0.508 e. The Hall–Kier alpha value is -1.93. The van der Waals surface area contributed by atoms with E-state index in [1.807, 2.05) is 0 Å². The van der Waals surface area contributed by atoms with Gasteiger partial charge in [0.15, 0.2) is 0 Å². The number of carbonyl (C=O) groups is 1. The predicted octanol–water partition coefficient (Wildman–Crippen LogP) is -0.224. The molecule has 1 heterocycles. The summed E-state index contributed by atoms with van der Waals surface area (Å²) in [4.78, 5) is 11.7. The van der Waals surface area contributed by atoms with E-state index in [2.05, 4.69) is 0 Å². The smallest absolute Gasteiger partial charge is 0.333 e. The number of carbonyl (C=O) groups excluding carboxylic acids is 1. The molecule has 2 rings (SSSR count). The lowest BCUT2D eigenvalue weighted by Gasteiger charge is -2.38. The number of benzene rings is 1. The highest BCUT2D eigenvalue weighted by atomic mass is 16.7. The summed E-state index contributed by atoms with van der Waals surface area (Å²) in [6.07, 6.45) is -3.78. The van der Waals surface area contributed by atoms with E-state index in [-0.39, 0.29) is 5.75 Å². The Morgan fingerprint density at radius 3 is 2.41 bits per heavy atom. The van der Waals surface area contributed by atoms with E-state index >= 15 is 0 Å². The summed E-state index contributed by atoms with van der Waals surface area (Å²) < 4.78 is 10.1. The number of phenols is 1. The summed E-state index contributed by atoms with van der Waals surface area (Å²) in [6.45, 7) is 1.49. The third-order valence-electron chi connectivity index (χ3n) is 3.35. The number of rotatable bonds is 3. The van der Waals surface area contributed by atoms with Crippen molar-refractivity contribution in [3.05, 3.63) is 35.9 Å². The Morgan fingerprint density at radius 1 is 1.14 bits per heavy atom. The molecule has 22 heavy (non-hydrogen) atoms. The minimum atomic E-state index is -1.53. The summed E-state index contributed by atoms with van der Waals surface area (Å²) in [5.41, 5.74) is 0.670. The molecule has 5 atom stereocenters. The average Bonchev–Trinajstić information content (AvgIpc) is 2.50. The molecule has 4 N–H and O–H groups in total. The number of esters is 1. The van der Waals surface area contributed by atoms with Crippen LogP contribution < -0.4 is 0 Å². The van der Waals surface area contributed by atoms with Gasteiger partial charge in [-0.25, -0.2) is 4.79 Å². The Kier molecular flexibility index (Phi) is 5.15. The summed E-state index contributed by atoms with van der Waals surface area (Å²) in [6, 6.07) is 6.15. The summed E-state index contributed by atoms with van der Waals surface area (Å²) >= 11 is 0. The first-order chi connectivity index (χ1) is 10.4. The van der Waals surface area contributed by atoms with Gasteiger partial charge in [0.05, 0.1) is 6.10 Å². The van der Waals surface area contributed by atoms with Crippen molar-refractivity contribution in [2.24, 2.45) is 0 Å². The highest BCUT2D eigenvalue weighted by molar-refractivity contribution is 5.87. The highest BCUT2D eigenvalue weighted by Gasteiger charge is 2.43. The van der Waals surface area contributed by atoms with E-state index in [0.29, 0.717) is 5.56 Å². The fourth-order valence-corrected chi connectivity index (χ4v) is 2.01. The van der Waals surface area contributed by atoms with Gasteiger partial charge in [0.25, 0.3) is 0 Å². The third kappa shape index (κ3) is 3.83. The van der Waals surface area contributed by atoms with Crippen LogP contribution in [0.5, 0.6) is 5.75 Å². The van der Waals surface area contributed by atoms with Gasteiger partial charge >= 0.3 is 5.97 Å². The average molecular weight is 310 g/mol. The zero-order valence-corrected chi connectivity index (χ0v) is 11.9. The van der Waals surface area contributed by atoms with Crippen molar-refractivity contribution in [2.75, 3.05) is 0 Å². The van der Waals surface area contributed by atoms with Crippen molar-refractivity contribution < 1.29 is 34.7 Å². The Labute approximate surface area is 127 Å². The first-order valence-corrected chi connectivity index (χ1v) is 6.76. The number of aliphatic hydroxyl groups excluding tert-OH is 3. The molecule has 0 amide bonds. The van der Waals surface area contributed by atoms with E-state index < -0.39 is 36.7 Å². The molecule has 1 fully saturated rings. The first kappa shape index (κ1) is 16.4. The van der Waals surface area contributed by atoms with Crippen LogP contribution in [0.4, 0.5) is 0 Å². The van der Waals surface area contributed by atoms with Crippen molar-refractivity contribution >= 4 is 12.0 Å². The van der Waals surface area contributed by atoms with Gasteiger partial charge in [-0.3, -0.25) is 0 Å². The van der Waals surface area contributed by atoms with Gasteiger partial charge < -0.3 is 29.9 Å². The minimum absolute atomic E-state index is 0.111. The summed E-state index contributed by atoms with van der Waals surface area (Å²) in [5, 5.41) is 38.0. The number of hydrogen-bond acceptors (Lipinski definition) is 7. The molecule has 1 saturated heterocycles. The lowest BCUT2D eigenvalue weighted by Crippen LogP contribution is -2.57. The van der Waals surface area contributed by atoms with Crippen LogP contribution in [-0.4, -0.2) is 57.1 Å². The summed E-state index contributed by atoms with van der Waals surface area (Å²) in [7, 11) is 0. The number of aromatic hydroxyl groups is 1. The van der Waals surface area contributed by atoms with Crippen LogP contribution in [0, 0.1) is 0 Å². The van der Waals surface area contributed by atoms with E-state index in [0.717, 1.165) is 6.08 Å². The molecule has 5 unspecified atom stereocenters. The predicted molar refractivity (Wildman–Crippen MR) is 75.6 cm³/mol. The Morgan fingerprint density at radius 2 is 1.77 bits per heavy atom. The number of aliphatic hydroxyl groups is 3. The fourth-order valence-electron chi connectivity index (χ4n) is 2.01. The molecular formula is C15H18O7. The highest BCUT2D eigenvalue weighted by Crippen LogP contribution is 2.22. The molecule has 0 aromatic heterocycles. The van der Waals surface area contributed by atoms with Gasteiger partial charge in [0.2, 0.25) is 6.29 Å². The number of hydrogen-bond donors (Lipinski definition) is 4. The van der Waals surface area contributed by atoms with Crippen LogP contribution >= 0.6 is 0 Å². The molecule has 1 aromatic carbocycles. The third-order valence-corrected chi connectivity index (χ3v) is 3.35.